The van der Waals surface area contributed by atoms with Gasteiger partial charge in [-0.2, -0.15) is 4.98 Å². The molecule has 2 N–H and O–H groups in total. The molecule has 0 aliphatic heterocycles. The molecule has 138 valence electrons. The zero-order valence-corrected chi connectivity index (χ0v) is 14.5. The van der Waals surface area contributed by atoms with Crippen LogP contribution >= 0.6 is 0 Å². The van der Waals surface area contributed by atoms with E-state index < -0.39 is 24.6 Å². The van der Waals surface area contributed by atoms with Gasteiger partial charge in [-0.05, 0) is 19.1 Å². The molecule has 0 unspecified atom stereocenters. The lowest BCUT2D eigenvalue weighted by molar-refractivity contribution is -0.152. The Balaban J connectivity index is 1.59. The molecule has 0 bridgehead atoms. The van der Waals surface area contributed by atoms with E-state index in [1.165, 1.54) is 6.07 Å². The van der Waals surface area contributed by atoms with Crippen molar-refractivity contribution in [1.82, 2.24) is 10.1 Å². The first-order valence-electron chi connectivity index (χ1n) is 8.14. The SMILES string of the molecule is C[C@@H](OC(=O)COc1ccccc1C(N)=O)c1nc(-c2ccccc2)no1. The van der Waals surface area contributed by atoms with Gasteiger partial charge < -0.3 is 19.7 Å². The van der Waals surface area contributed by atoms with Gasteiger partial charge in [-0.15, -0.1) is 0 Å². The number of carbonyl (C=O) groups excluding carboxylic acids is 2. The van der Waals surface area contributed by atoms with Crippen LogP contribution in [0.3, 0.4) is 0 Å². The monoisotopic (exact) mass is 367 g/mol. The minimum atomic E-state index is -0.752. The summed E-state index contributed by atoms with van der Waals surface area (Å²) < 4.78 is 15.7. The number of ether oxygens (including phenoxy) is 2. The van der Waals surface area contributed by atoms with E-state index in [0.717, 1.165) is 5.56 Å². The Hall–Kier alpha value is -3.68. The first-order valence-corrected chi connectivity index (χ1v) is 8.14. The quantitative estimate of drug-likeness (QED) is 0.638. The fraction of sp³-hybridized carbons (Fsp3) is 0.158. The minimum Gasteiger partial charge on any atom is -0.481 e. The Labute approximate surface area is 154 Å². The number of hydrogen-bond donors (Lipinski definition) is 1. The van der Waals surface area contributed by atoms with Crippen molar-refractivity contribution in [2.75, 3.05) is 6.61 Å². The Morgan fingerprint density at radius 1 is 1.11 bits per heavy atom. The number of para-hydroxylation sites is 1. The summed E-state index contributed by atoms with van der Waals surface area (Å²) in [5.74, 6) is -0.522. The number of aromatic nitrogens is 2. The van der Waals surface area contributed by atoms with Crippen LogP contribution in [0.1, 0.15) is 29.3 Å². The molecule has 0 aliphatic rings. The van der Waals surface area contributed by atoms with Crippen LogP contribution in [0, 0.1) is 0 Å². The van der Waals surface area contributed by atoms with E-state index in [-0.39, 0.29) is 17.2 Å². The maximum Gasteiger partial charge on any atom is 0.344 e. The summed E-state index contributed by atoms with van der Waals surface area (Å²) in [4.78, 5) is 27.6. The average molecular weight is 367 g/mol. The van der Waals surface area contributed by atoms with Crippen molar-refractivity contribution in [3.8, 4) is 17.1 Å². The topological polar surface area (TPSA) is 118 Å². The average Bonchev–Trinajstić information content (AvgIpc) is 3.17. The van der Waals surface area contributed by atoms with Gasteiger partial charge in [-0.1, -0.05) is 47.6 Å². The normalized spacial score (nSPS) is 11.6. The zero-order chi connectivity index (χ0) is 19.2. The van der Waals surface area contributed by atoms with Crippen molar-refractivity contribution in [2.24, 2.45) is 5.73 Å². The number of primary amides is 1. The lowest BCUT2D eigenvalue weighted by Gasteiger charge is -2.11. The first kappa shape index (κ1) is 18.1. The Morgan fingerprint density at radius 2 is 1.81 bits per heavy atom. The highest BCUT2D eigenvalue weighted by Gasteiger charge is 2.20. The lowest BCUT2D eigenvalue weighted by atomic mass is 10.2. The van der Waals surface area contributed by atoms with Crippen molar-refractivity contribution in [1.29, 1.82) is 0 Å². The lowest BCUT2D eigenvalue weighted by Crippen LogP contribution is -2.19. The smallest absolute Gasteiger partial charge is 0.344 e. The molecule has 1 heterocycles. The molecule has 8 heteroatoms. The van der Waals surface area contributed by atoms with Crippen molar-refractivity contribution in [3.05, 3.63) is 66.1 Å². The van der Waals surface area contributed by atoms with Crippen LogP contribution < -0.4 is 10.5 Å². The number of nitrogens with zero attached hydrogens (tertiary/aromatic N) is 2. The predicted molar refractivity (Wildman–Crippen MR) is 94.7 cm³/mol. The maximum absolute atomic E-state index is 12.0. The molecule has 3 aromatic rings. The number of hydrogen-bond acceptors (Lipinski definition) is 7. The standard InChI is InChI=1S/C19H17N3O5/c1-12(19-21-18(22-27-19)13-7-3-2-4-8-13)26-16(23)11-25-15-10-6-5-9-14(15)17(20)24/h2-10,12H,11H2,1H3,(H2,20,24)/t12-/m1/s1. The molecule has 27 heavy (non-hydrogen) atoms. The summed E-state index contributed by atoms with van der Waals surface area (Å²) in [5.41, 5.74) is 6.24. The molecule has 0 aliphatic carbocycles. The van der Waals surface area contributed by atoms with Gasteiger partial charge >= 0.3 is 5.97 Å². The van der Waals surface area contributed by atoms with E-state index in [1.807, 2.05) is 30.3 Å². The molecule has 8 nitrogen and oxygen atoms in total. The number of esters is 1. The highest BCUT2D eigenvalue weighted by atomic mass is 16.6. The van der Waals surface area contributed by atoms with Crippen molar-refractivity contribution in [2.45, 2.75) is 13.0 Å². The van der Waals surface area contributed by atoms with Crippen LogP contribution in [0.15, 0.2) is 59.1 Å². The van der Waals surface area contributed by atoms with Gasteiger partial charge in [-0.25, -0.2) is 4.79 Å². The van der Waals surface area contributed by atoms with E-state index in [2.05, 4.69) is 10.1 Å². The Bertz CT molecular complexity index is 939. The second-order valence-electron chi connectivity index (χ2n) is 5.60. The highest BCUT2D eigenvalue weighted by molar-refractivity contribution is 5.95. The van der Waals surface area contributed by atoms with Crippen LogP contribution in [-0.2, 0) is 9.53 Å². The fourth-order valence-corrected chi connectivity index (χ4v) is 2.32. The third-order valence-corrected chi connectivity index (χ3v) is 3.63. The summed E-state index contributed by atoms with van der Waals surface area (Å²) >= 11 is 0. The summed E-state index contributed by atoms with van der Waals surface area (Å²) in [6.45, 7) is 1.21. The van der Waals surface area contributed by atoms with Gasteiger partial charge in [0.25, 0.3) is 11.8 Å². The molecule has 0 radical (unpaired) electrons. The van der Waals surface area contributed by atoms with Gasteiger partial charge in [0.2, 0.25) is 5.82 Å². The van der Waals surface area contributed by atoms with E-state index in [4.69, 9.17) is 19.7 Å². The Morgan fingerprint density at radius 3 is 2.56 bits per heavy atom. The van der Waals surface area contributed by atoms with Crippen LogP contribution in [0.5, 0.6) is 5.75 Å². The number of rotatable bonds is 7. The summed E-state index contributed by atoms with van der Waals surface area (Å²) in [5, 5.41) is 3.88. The van der Waals surface area contributed by atoms with Crippen LogP contribution in [0.25, 0.3) is 11.4 Å². The molecule has 1 aromatic heterocycles. The van der Waals surface area contributed by atoms with Crippen LogP contribution in [0.4, 0.5) is 0 Å². The molecule has 0 spiro atoms. The minimum absolute atomic E-state index is 0.166. The highest BCUT2D eigenvalue weighted by Crippen LogP contribution is 2.21. The van der Waals surface area contributed by atoms with Gasteiger partial charge in [-0.3, -0.25) is 4.79 Å². The number of carbonyl (C=O) groups is 2. The molecule has 0 saturated heterocycles. The molecule has 0 saturated carbocycles. The van der Waals surface area contributed by atoms with Gasteiger partial charge in [0.05, 0.1) is 5.56 Å². The number of benzene rings is 2. The second-order valence-corrected chi connectivity index (χ2v) is 5.60. The predicted octanol–water partition coefficient (Wildman–Crippen LogP) is 2.52. The maximum atomic E-state index is 12.0. The molecule has 1 atom stereocenters. The summed E-state index contributed by atoms with van der Waals surface area (Å²) in [7, 11) is 0. The fourth-order valence-electron chi connectivity index (χ4n) is 2.32. The first-order chi connectivity index (χ1) is 13.0. The summed E-state index contributed by atoms with van der Waals surface area (Å²) in [6.07, 6.45) is -0.752. The molecule has 0 fully saturated rings. The van der Waals surface area contributed by atoms with Crippen LogP contribution in [-0.4, -0.2) is 28.6 Å². The van der Waals surface area contributed by atoms with Crippen molar-refractivity contribution < 1.29 is 23.6 Å². The molecular weight excluding hydrogens is 350 g/mol. The number of amides is 1. The summed E-state index contributed by atoms with van der Waals surface area (Å²) in [6, 6.07) is 15.6. The zero-order valence-electron chi connectivity index (χ0n) is 14.5. The van der Waals surface area contributed by atoms with E-state index in [1.54, 1.807) is 25.1 Å². The van der Waals surface area contributed by atoms with E-state index in [9.17, 15) is 9.59 Å². The van der Waals surface area contributed by atoms with Crippen molar-refractivity contribution >= 4 is 11.9 Å². The molecule has 1 amide bonds. The Kier molecular flexibility index (Phi) is 5.46. The van der Waals surface area contributed by atoms with Gasteiger partial charge in [0.1, 0.15) is 5.75 Å². The third-order valence-electron chi connectivity index (χ3n) is 3.63. The third kappa shape index (κ3) is 4.49. The second kappa shape index (κ2) is 8.13. The largest absolute Gasteiger partial charge is 0.481 e. The molecular formula is C19H17N3O5. The van der Waals surface area contributed by atoms with Gasteiger partial charge in [0, 0.05) is 5.56 Å². The van der Waals surface area contributed by atoms with Gasteiger partial charge in [0.15, 0.2) is 12.7 Å². The van der Waals surface area contributed by atoms with Crippen LogP contribution in [0.2, 0.25) is 0 Å². The molecule has 2 aromatic carbocycles. The molecule has 3 rings (SSSR count). The number of nitrogens with two attached hydrogens (primary N) is 1. The van der Waals surface area contributed by atoms with E-state index >= 15 is 0 Å². The van der Waals surface area contributed by atoms with Crippen molar-refractivity contribution in [3.63, 3.8) is 0 Å². The van der Waals surface area contributed by atoms with E-state index in [0.29, 0.717) is 5.82 Å².